The lowest BCUT2D eigenvalue weighted by Gasteiger charge is -1.95. The van der Waals surface area contributed by atoms with Crippen LogP contribution in [-0.4, -0.2) is 4.98 Å². The van der Waals surface area contributed by atoms with Crippen molar-refractivity contribution in [2.45, 2.75) is 6.92 Å². The van der Waals surface area contributed by atoms with Gasteiger partial charge in [0.05, 0.1) is 5.52 Å². The summed E-state index contributed by atoms with van der Waals surface area (Å²) >= 11 is 0. The van der Waals surface area contributed by atoms with Crippen molar-refractivity contribution in [2.75, 3.05) is 0 Å². The average molecular weight is 180 g/mol. The molecule has 2 heteroatoms. The van der Waals surface area contributed by atoms with Crippen LogP contribution in [0.1, 0.15) is 5.56 Å². The van der Waals surface area contributed by atoms with E-state index in [1.165, 1.54) is 10.9 Å². The van der Waals surface area contributed by atoms with Crippen molar-refractivity contribution in [3.05, 3.63) is 42.1 Å². The van der Waals surface area contributed by atoms with Gasteiger partial charge in [0.25, 0.3) is 0 Å². The third kappa shape index (κ3) is 1.56. The van der Waals surface area contributed by atoms with E-state index in [9.17, 15) is 0 Å². The van der Waals surface area contributed by atoms with E-state index < -0.39 is 0 Å². The quantitative estimate of drug-likeness (QED) is 0.606. The molecule has 0 saturated heterocycles. The number of hydrogen-bond acceptors (Lipinski definition) is 1. The van der Waals surface area contributed by atoms with Crippen LogP contribution in [0.15, 0.2) is 36.5 Å². The van der Waals surface area contributed by atoms with Gasteiger partial charge >= 0.3 is 0 Å². The van der Waals surface area contributed by atoms with Crippen molar-refractivity contribution in [1.82, 2.24) is 4.98 Å². The number of benzene rings is 1. The molecule has 0 N–H and O–H groups in total. The summed E-state index contributed by atoms with van der Waals surface area (Å²) in [4.78, 5) is 4.24. The van der Waals surface area contributed by atoms with E-state index in [1.54, 1.807) is 0 Å². The Balaban J connectivity index is 0.000000720. The lowest BCUT2D eigenvalue weighted by Crippen LogP contribution is -1.77. The van der Waals surface area contributed by atoms with E-state index >= 15 is 0 Å². The van der Waals surface area contributed by atoms with Gasteiger partial charge in [0.15, 0.2) is 0 Å². The number of pyridine rings is 1. The molecule has 2 aromatic rings. The lowest BCUT2D eigenvalue weighted by atomic mass is 10.1. The van der Waals surface area contributed by atoms with E-state index in [1.807, 2.05) is 12.3 Å². The van der Waals surface area contributed by atoms with Gasteiger partial charge in [-0.1, -0.05) is 18.2 Å². The van der Waals surface area contributed by atoms with E-state index in [0.29, 0.717) is 0 Å². The minimum atomic E-state index is 0. The van der Waals surface area contributed by atoms with Gasteiger partial charge in [0.2, 0.25) is 0 Å². The van der Waals surface area contributed by atoms with Crippen LogP contribution < -0.4 is 0 Å². The van der Waals surface area contributed by atoms with Gasteiger partial charge in [-0.25, -0.2) is 0 Å². The Morgan fingerprint density at radius 3 is 2.83 bits per heavy atom. The van der Waals surface area contributed by atoms with E-state index in [-0.39, 0.29) is 12.4 Å². The molecule has 1 aromatic heterocycles. The molecular formula is C10H10ClN. The summed E-state index contributed by atoms with van der Waals surface area (Å²) in [5.74, 6) is 0. The summed E-state index contributed by atoms with van der Waals surface area (Å²) < 4.78 is 0. The molecule has 12 heavy (non-hydrogen) atoms. The third-order valence-corrected chi connectivity index (χ3v) is 1.76. The Hall–Kier alpha value is -1.08. The first-order chi connectivity index (χ1) is 5.36. The highest BCUT2D eigenvalue weighted by Gasteiger charge is 1.90. The molecule has 1 aromatic carbocycles. The molecule has 0 aliphatic carbocycles. The number of hydrogen-bond donors (Lipinski definition) is 0. The number of fused-ring (bicyclic) bond motifs is 1. The molecule has 1 heterocycles. The second-order valence-corrected chi connectivity index (χ2v) is 2.70. The molecule has 0 fully saturated rings. The normalized spacial score (nSPS) is 9.42. The van der Waals surface area contributed by atoms with Crippen molar-refractivity contribution in [3.8, 4) is 0 Å². The van der Waals surface area contributed by atoms with Crippen molar-refractivity contribution in [3.63, 3.8) is 0 Å². The molecule has 0 aliphatic rings. The van der Waals surface area contributed by atoms with Crippen molar-refractivity contribution in [1.29, 1.82) is 0 Å². The Morgan fingerprint density at radius 2 is 2.00 bits per heavy atom. The third-order valence-electron chi connectivity index (χ3n) is 1.76. The van der Waals surface area contributed by atoms with Gasteiger partial charge in [-0.2, -0.15) is 0 Å². The highest BCUT2D eigenvalue weighted by Crippen LogP contribution is 2.11. The SMILES string of the molecule is Cc1ccc2cccnc2c1.Cl. The van der Waals surface area contributed by atoms with Crippen LogP contribution in [0.4, 0.5) is 0 Å². The number of aromatic nitrogens is 1. The molecule has 1 nitrogen and oxygen atoms in total. The van der Waals surface area contributed by atoms with Crippen LogP contribution in [0.3, 0.4) is 0 Å². The molecule has 62 valence electrons. The first kappa shape index (κ1) is 9.01. The summed E-state index contributed by atoms with van der Waals surface area (Å²) in [5.41, 5.74) is 2.34. The molecular weight excluding hydrogens is 170 g/mol. The maximum absolute atomic E-state index is 4.24. The summed E-state index contributed by atoms with van der Waals surface area (Å²) in [6.45, 7) is 2.08. The van der Waals surface area contributed by atoms with E-state index in [2.05, 4.69) is 36.2 Å². The molecule has 0 spiro atoms. The Labute approximate surface area is 77.9 Å². The molecule has 0 atom stereocenters. The van der Waals surface area contributed by atoms with Gasteiger partial charge < -0.3 is 0 Å². The minimum absolute atomic E-state index is 0. The zero-order valence-electron chi connectivity index (χ0n) is 6.82. The van der Waals surface area contributed by atoms with Crippen molar-refractivity contribution < 1.29 is 0 Å². The van der Waals surface area contributed by atoms with Crippen LogP contribution in [0, 0.1) is 6.92 Å². The minimum Gasteiger partial charge on any atom is -0.256 e. The van der Waals surface area contributed by atoms with Crippen molar-refractivity contribution in [2.24, 2.45) is 0 Å². The molecule has 0 saturated carbocycles. The van der Waals surface area contributed by atoms with Gasteiger partial charge in [-0.15, -0.1) is 12.4 Å². The van der Waals surface area contributed by atoms with Gasteiger partial charge in [0.1, 0.15) is 0 Å². The average Bonchev–Trinajstić information content (AvgIpc) is 2.04. The Morgan fingerprint density at radius 1 is 1.17 bits per heavy atom. The lowest BCUT2D eigenvalue weighted by molar-refractivity contribution is 1.39. The van der Waals surface area contributed by atoms with Crippen molar-refractivity contribution >= 4 is 23.3 Å². The Bertz CT molecular complexity index is 384. The largest absolute Gasteiger partial charge is 0.256 e. The van der Waals surface area contributed by atoms with Gasteiger partial charge in [0, 0.05) is 11.6 Å². The maximum Gasteiger partial charge on any atom is 0.0704 e. The van der Waals surface area contributed by atoms with Crippen LogP contribution >= 0.6 is 12.4 Å². The fourth-order valence-corrected chi connectivity index (χ4v) is 1.18. The topological polar surface area (TPSA) is 12.9 Å². The molecule has 0 amide bonds. The highest BCUT2D eigenvalue weighted by atomic mass is 35.5. The fraction of sp³-hybridized carbons (Fsp3) is 0.100. The molecule has 2 rings (SSSR count). The maximum atomic E-state index is 4.24. The van der Waals surface area contributed by atoms with Gasteiger partial charge in [-0.3, -0.25) is 4.98 Å². The predicted molar refractivity (Wildman–Crippen MR) is 53.7 cm³/mol. The van der Waals surface area contributed by atoms with E-state index in [4.69, 9.17) is 0 Å². The number of nitrogens with zero attached hydrogens (tertiary/aromatic N) is 1. The van der Waals surface area contributed by atoms with Crippen LogP contribution in [0.25, 0.3) is 10.9 Å². The monoisotopic (exact) mass is 179 g/mol. The second-order valence-electron chi connectivity index (χ2n) is 2.70. The Kier molecular flexibility index (Phi) is 2.66. The summed E-state index contributed by atoms with van der Waals surface area (Å²) in [6.07, 6.45) is 1.82. The van der Waals surface area contributed by atoms with Crippen LogP contribution in [0.2, 0.25) is 0 Å². The highest BCUT2D eigenvalue weighted by molar-refractivity contribution is 5.85. The molecule has 0 aliphatic heterocycles. The zero-order chi connectivity index (χ0) is 7.68. The first-order valence-electron chi connectivity index (χ1n) is 3.68. The summed E-state index contributed by atoms with van der Waals surface area (Å²) in [6, 6.07) is 10.3. The number of halogens is 1. The zero-order valence-corrected chi connectivity index (χ0v) is 7.64. The molecule has 0 unspecified atom stereocenters. The summed E-state index contributed by atoms with van der Waals surface area (Å²) in [7, 11) is 0. The fourth-order valence-electron chi connectivity index (χ4n) is 1.18. The predicted octanol–water partition coefficient (Wildman–Crippen LogP) is 2.97. The number of aryl methyl sites for hydroxylation is 1. The van der Waals surface area contributed by atoms with E-state index in [0.717, 1.165) is 5.52 Å². The summed E-state index contributed by atoms with van der Waals surface area (Å²) in [5, 5.41) is 1.21. The molecule has 0 radical (unpaired) electrons. The van der Waals surface area contributed by atoms with Gasteiger partial charge in [-0.05, 0) is 24.6 Å². The molecule has 0 bridgehead atoms. The number of rotatable bonds is 0. The van der Waals surface area contributed by atoms with Crippen LogP contribution in [0.5, 0.6) is 0 Å². The smallest absolute Gasteiger partial charge is 0.0704 e. The first-order valence-corrected chi connectivity index (χ1v) is 3.68. The standard InChI is InChI=1S/C10H9N.ClH/c1-8-4-5-9-3-2-6-11-10(9)7-8;/h2-7H,1H3;1H. The van der Waals surface area contributed by atoms with Crippen LogP contribution in [-0.2, 0) is 0 Å². The second kappa shape index (κ2) is 3.55.